The summed E-state index contributed by atoms with van der Waals surface area (Å²) in [6.07, 6.45) is 1.21. The van der Waals surface area contributed by atoms with Crippen LogP contribution in [-0.4, -0.2) is 29.4 Å². The molecule has 0 unspecified atom stereocenters. The van der Waals surface area contributed by atoms with E-state index in [0.717, 1.165) is 23.3 Å². The van der Waals surface area contributed by atoms with Gasteiger partial charge in [-0.15, -0.1) is 0 Å². The minimum Gasteiger partial charge on any atom is -0.337 e. The zero-order valence-corrected chi connectivity index (χ0v) is 16.5. The van der Waals surface area contributed by atoms with Gasteiger partial charge in [0.15, 0.2) is 0 Å². The number of rotatable bonds is 4. The van der Waals surface area contributed by atoms with Crippen molar-refractivity contribution in [1.29, 1.82) is 0 Å². The van der Waals surface area contributed by atoms with Crippen LogP contribution in [0.1, 0.15) is 30.3 Å². The molecule has 146 valence electrons. The minimum atomic E-state index is -3.88. The summed E-state index contributed by atoms with van der Waals surface area (Å²) >= 11 is 5.77. The Morgan fingerprint density at radius 3 is 2.82 bits per heavy atom. The Morgan fingerprint density at radius 2 is 2.07 bits per heavy atom. The van der Waals surface area contributed by atoms with Gasteiger partial charge in [0, 0.05) is 12.1 Å². The van der Waals surface area contributed by atoms with Crippen molar-refractivity contribution < 1.29 is 17.3 Å². The highest BCUT2D eigenvalue weighted by Gasteiger charge is 2.39. The van der Waals surface area contributed by atoms with Crippen LogP contribution in [-0.2, 0) is 10.0 Å². The molecule has 3 aromatic rings. The van der Waals surface area contributed by atoms with Crippen molar-refractivity contribution in [3.8, 4) is 11.4 Å². The predicted molar refractivity (Wildman–Crippen MR) is 102 cm³/mol. The summed E-state index contributed by atoms with van der Waals surface area (Å²) < 4.78 is 46.2. The third-order valence-corrected chi connectivity index (χ3v) is 6.90. The first kappa shape index (κ1) is 19.0. The second-order valence-electron chi connectivity index (χ2n) is 6.68. The van der Waals surface area contributed by atoms with Crippen molar-refractivity contribution >= 4 is 21.6 Å². The van der Waals surface area contributed by atoms with E-state index in [-0.39, 0.29) is 15.8 Å². The van der Waals surface area contributed by atoms with Crippen LogP contribution in [0.3, 0.4) is 0 Å². The molecule has 0 N–H and O–H groups in total. The Labute approximate surface area is 167 Å². The quantitative estimate of drug-likeness (QED) is 0.625. The zero-order valence-electron chi connectivity index (χ0n) is 15.0. The molecule has 1 saturated heterocycles. The highest BCUT2D eigenvalue weighted by Crippen LogP contribution is 2.37. The molecule has 0 amide bonds. The van der Waals surface area contributed by atoms with Crippen LogP contribution in [0.15, 0.2) is 51.9 Å². The van der Waals surface area contributed by atoms with Crippen molar-refractivity contribution in [3.05, 3.63) is 64.8 Å². The average Bonchev–Trinajstić information content (AvgIpc) is 3.33. The highest BCUT2D eigenvalue weighted by molar-refractivity contribution is 7.89. The van der Waals surface area contributed by atoms with E-state index in [1.54, 1.807) is 0 Å². The first-order valence-electron chi connectivity index (χ1n) is 8.74. The molecular formula is C19H17ClFN3O3S. The van der Waals surface area contributed by atoms with Crippen LogP contribution in [0, 0.1) is 12.7 Å². The van der Waals surface area contributed by atoms with Crippen LogP contribution in [0.25, 0.3) is 11.4 Å². The fourth-order valence-corrected chi connectivity index (χ4v) is 5.24. The number of aromatic nitrogens is 2. The summed E-state index contributed by atoms with van der Waals surface area (Å²) in [6.45, 7) is 2.27. The Kier molecular flexibility index (Phi) is 4.95. The SMILES string of the molecule is Cc1cccc(-c2noc([C@H]3CCCN3S(=O)(=O)c3ccc(F)c(Cl)c3)n2)c1. The van der Waals surface area contributed by atoms with E-state index in [0.29, 0.717) is 25.2 Å². The van der Waals surface area contributed by atoms with E-state index in [4.69, 9.17) is 16.1 Å². The van der Waals surface area contributed by atoms with Gasteiger partial charge >= 0.3 is 0 Å². The summed E-state index contributed by atoms with van der Waals surface area (Å²) in [6, 6.07) is 10.5. The van der Waals surface area contributed by atoms with E-state index in [9.17, 15) is 12.8 Å². The van der Waals surface area contributed by atoms with Crippen LogP contribution >= 0.6 is 11.6 Å². The lowest BCUT2D eigenvalue weighted by molar-refractivity contribution is 0.290. The molecule has 1 aliphatic rings. The molecule has 28 heavy (non-hydrogen) atoms. The van der Waals surface area contributed by atoms with E-state index in [2.05, 4.69) is 10.1 Å². The number of halogens is 2. The maximum Gasteiger partial charge on any atom is 0.245 e. The lowest BCUT2D eigenvalue weighted by Crippen LogP contribution is -2.30. The average molecular weight is 422 g/mol. The van der Waals surface area contributed by atoms with Crippen LogP contribution < -0.4 is 0 Å². The van der Waals surface area contributed by atoms with Gasteiger partial charge in [0.05, 0.1) is 9.92 Å². The lowest BCUT2D eigenvalue weighted by atomic mass is 10.1. The maximum absolute atomic E-state index is 13.4. The molecule has 2 aromatic carbocycles. The summed E-state index contributed by atoms with van der Waals surface area (Å²) in [5.41, 5.74) is 1.86. The molecule has 0 saturated carbocycles. The monoisotopic (exact) mass is 421 g/mol. The minimum absolute atomic E-state index is 0.0655. The first-order valence-corrected chi connectivity index (χ1v) is 10.6. The van der Waals surface area contributed by atoms with Crippen molar-refractivity contribution in [2.24, 2.45) is 0 Å². The molecule has 0 spiro atoms. The number of hydrogen-bond acceptors (Lipinski definition) is 5. The Balaban J connectivity index is 1.66. The van der Waals surface area contributed by atoms with Gasteiger partial charge in [0.1, 0.15) is 11.9 Å². The molecule has 1 aromatic heterocycles. The standard InChI is InChI=1S/C19H17ClFN3O3S/c1-12-4-2-5-13(10-12)18-22-19(27-23-18)17-6-3-9-24(17)28(25,26)14-7-8-16(21)15(20)11-14/h2,4-5,7-8,10-11,17H,3,6,9H2,1H3/t17-/m1/s1. The summed E-state index contributed by atoms with van der Waals surface area (Å²) in [7, 11) is -3.88. The number of hydrogen-bond donors (Lipinski definition) is 0. The maximum atomic E-state index is 13.4. The molecule has 2 heterocycles. The normalized spacial score (nSPS) is 17.9. The van der Waals surface area contributed by atoms with Gasteiger partial charge in [0.25, 0.3) is 0 Å². The summed E-state index contributed by atoms with van der Waals surface area (Å²) in [4.78, 5) is 4.36. The molecule has 0 aliphatic carbocycles. The number of aryl methyl sites for hydroxylation is 1. The largest absolute Gasteiger partial charge is 0.337 e. The molecule has 0 radical (unpaired) electrons. The van der Waals surface area contributed by atoms with Crippen LogP contribution in [0.5, 0.6) is 0 Å². The fraction of sp³-hybridized carbons (Fsp3) is 0.263. The molecular weight excluding hydrogens is 405 g/mol. The lowest BCUT2D eigenvalue weighted by Gasteiger charge is -2.21. The van der Waals surface area contributed by atoms with Gasteiger partial charge in [-0.3, -0.25) is 0 Å². The topological polar surface area (TPSA) is 76.3 Å². The number of sulfonamides is 1. The summed E-state index contributed by atoms with van der Waals surface area (Å²) in [5, 5.41) is 3.77. The third kappa shape index (κ3) is 3.43. The smallest absolute Gasteiger partial charge is 0.245 e. The predicted octanol–water partition coefficient (Wildman–Crippen LogP) is 4.36. The van der Waals surface area contributed by atoms with Crippen LogP contribution in [0.2, 0.25) is 5.02 Å². The van der Waals surface area contributed by atoms with Gasteiger partial charge in [-0.25, -0.2) is 12.8 Å². The van der Waals surface area contributed by atoms with Crippen molar-refractivity contribution in [1.82, 2.24) is 14.4 Å². The van der Waals surface area contributed by atoms with Crippen LogP contribution in [0.4, 0.5) is 4.39 Å². The van der Waals surface area contributed by atoms with Gasteiger partial charge in [-0.1, -0.05) is 40.5 Å². The molecule has 1 atom stereocenters. The highest BCUT2D eigenvalue weighted by atomic mass is 35.5. The summed E-state index contributed by atoms with van der Waals surface area (Å²) in [5.74, 6) is -0.0168. The van der Waals surface area contributed by atoms with Gasteiger partial charge in [-0.05, 0) is 44.0 Å². The molecule has 1 fully saturated rings. The molecule has 9 heteroatoms. The molecule has 6 nitrogen and oxygen atoms in total. The van der Waals surface area contributed by atoms with Gasteiger partial charge in [-0.2, -0.15) is 9.29 Å². The Hall–Kier alpha value is -2.29. The Bertz CT molecular complexity index is 1130. The van der Waals surface area contributed by atoms with E-state index < -0.39 is 21.9 Å². The van der Waals surface area contributed by atoms with Crippen molar-refractivity contribution in [3.63, 3.8) is 0 Å². The fourth-order valence-electron chi connectivity index (χ4n) is 3.32. The molecule has 1 aliphatic heterocycles. The first-order chi connectivity index (χ1) is 13.4. The number of benzene rings is 2. The van der Waals surface area contributed by atoms with Crippen molar-refractivity contribution in [2.75, 3.05) is 6.54 Å². The Morgan fingerprint density at radius 1 is 1.25 bits per heavy atom. The van der Waals surface area contributed by atoms with Crippen molar-refractivity contribution in [2.45, 2.75) is 30.7 Å². The zero-order chi connectivity index (χ0) is 19.9. The van der Waals surface area contributed by atoms with E-state index >= 15 is 0 Å². The van der Waals surface area contributed by atoms with Gasteiger partial charge in [0.2, 0.25) is 21.7 Å². The second kappa shape index (κ2) is 7.27. The van der Waals surface area contributed by atoms with E-state index in [1.165, 1.54) is 10.4 Å². The molecule has 0 bridgehead atoms. The molecule has 4 rings (SSSR count). The third-order valence-electron chi connectivity index (χ3n) is 4.70. The van der Waals surface area contributed by atoms with E-state index in [1.807, 2.05) is 31.2 Å². The number of nitrogens with zero attached hydrogens (tertiary/aromatic N) is 3. The second-order valence-corrected chi connectivity index (χ2v) is 8.97. The van der Waals surface area contributed by atoms with Gasteiger partial charge < -0.3 is 4.52 Å².